The topological polar surface area (TPSA) is 93.0 Å². The van der Waals surface area contributed by atoms with Gasteiger partial charge in [-0.3, -0.25) is 5.01 Å². The van der Waals surface area contributed by atoms with E-state index in [1.54, 1.807) is 18.4 Å². The van der Waals surface area contributed by atoms with E-state index >= 15 is 0 Å². The predicted octanol–water partition coefficient (Wildman–Crippen LogP) is 3.42. The van der Waals surface area contributed by atoms with Crippen molar-refractivity contribution >= 4 is 27.4 Å². The first-order valence-corrected chi connectivity index (χ1v) is 11.0. The molecule has 1 aliphatic heterocycles. The first-order chi connectivity index (χ1) is 14.6. The number of ether oxygens (including phenoxy) is 1. The van der Waals surface area contributed by atoms with E-state index in [9.17, 15) is 0 Å². The second-order valence-electron chi connectivity index (χ2n) is 7.66. The fourth-order valence-corrected chi connectivity index (χ4v) is 4.74. The largest absolute Gasteiger partial charge is 0.431 e. The van der Waals surface area contributed by atoms with Gasteiger partial charge in [0.15, 0.2) is 0 Å². The van der Waals surface area contributed by atoms with Crippen molar-refractivity contribution in [3.8, 4) is 10.9 Å². The molecule has 1 fully saturated rings. The lowest BCUT2D eigenvalue weighted by molar-refractivity contribution is 0.206. The van der Waals surface area contributed by atoms with Crippen molar-refractivity contribution in [2.24, 2.45) is 22.7 Å². The summed E-state index contributed by atoms with van der Waals surface area (Å²) in [5.41, 5.74) is 2.28. The van der Waals surface area contributed by atoms with Gasteiger partial charge in [-0.05, 0) is 62.2 Å². The molecule has 4 rings (SSSR count). The number of nitrogens with two attached hydrogens (primary N) is 2. The molecule has 0 saturated carbocycles. The number of fused-ring (bicyclic) bond motifs is 1. The van der Waals surface area contributed by atoms with Gasteiger partial charge < -0.3 is 15.5 Å². The van der Waals surface area contributed by atoms with Crippen LogP contribution in [0.2, 0.25) is 0 Å². The number of nitrogens with zero attached hydrogens (tertiary/aromatic N) is 4. The second kappa shape index (κ2) is 9.42. The van der Waals surface area contributed by atoms with E-state index in [0.717, 1.165) is 60.7 Å². The first kappa shape index (κ1) is 20.6. The van der Waals surface area contributed by atoms with Gasteiger partial charge in [-0.15, -0.1) is 0 Å². The molecular formula is C22H28N6OS. The third-order valence-electron chi connectivity index (χ3n) is 5.57. The highest BCUT2D eigenvalue weighted by atomic mass is 32.1. The summed E-state index contributed by atoms with van der Waals surface area (Å²) < 4.78 is 7.07. The molecule has 1 aliphatic rings. The molecule has 2 aromatic carbocycles. The Balaban J connectivity index is 1.26. The number of aromatic nitrogens is 1. The summed E-state index contributed by atoms with van der Waals surface area (Å²) in [6.07, 6.45) is 3.08. The number of para-hydroxylation sites is 1. The monoisotopic (exact) mass is 424 g/mol. The van der Waals surface area contributed by atoms with Crippen LogP contribution in [0.5, 0.6) is 10.9 Å². The summed E-state index contributed by atoms with van der Waals surface area (Å²) in [5.74, 6) is 13.3. The Morgan fingerprint density at radius 3 is 2.60 bits per heavy atom. The molecule has 8 heteroatoms. The van der Waals surface area contributed by atoms with Crippen molar-refractivity contribution in [2.45, 2.75) is 19.3 Å². The highest BCUT2D eigenvalue weighted by Crippen LogP contribution is 2.31. The highest BCUT2D eigenvalue weighted by Gasteiger charge is 2.24. The molecule has 0 unspecified atom stereocenters. The lowest BCUT2D eigenvalue weighted by Gasteiger charge is -2.33. The van der Waals surface area contributed by atoms with Gasteiger partial charge in [0, 0.05) is 19.5 Å². The molecule has 0 atom stereocenters. The lowest BCUT2D eigenvalue weighted by Crippen LogP contribution is -2.44. The van der Waals surface area contributed by atoms with Crippen LogP contribution in [0.25, 0.3) is 10.2 Å². The van der Waals surface area contributed by atoms with Crippen molar-refractivity contribution in [2.75, 3.05) is 26.7 Å². The summed E-state index contributed by atoms with van der Waals surface area (Å²) in [5, 5.41) is 6.08. The third-order valence-corrected chi connectivity index (χ3v) is 6.48. The Bertz CT molecular complexity index is 959. The van der Waals surface area contributed by atoms with Gasteiger partial charge in [-0.25, -0.2) is 10.8 Å². The zero-order valence-electron chi connectivity index (χ0n) is 17.2. The molecule has 0 radical (unpaired) electrons. The number of hydrazone groups is 1. The quantitative estimate of drug-likeness (QED) is 0.273. The smallest absolute Gasteiger partial charge is 0.279 e. The number of rotatable bonds is 6. The molecule has 3 aromatic rings. The molecule has 0 amide bonds. The standard InChI is InChI=1S/C22H28N6OS/c1-27(24)21(26-23)17-11-14-28(15-12-17)13-10-16-6-8-18(9-7-16)29-22-25-19-4-2-3-5-20(19)30-22/h2-9,17H,10-15,23-24H2,1H3/b26-21-. The number of hydrazine groups is 1. The maximum absolute atomic E-state index is 5.94. The summed E-state index contributed by atoms with van der Waals surface area (Å²) in [6.45, 7) is 3.12. The summed E-state index contributed by atoms with van der Waals surface area (Å²) in [4.78, 5) is 7.02. The lowest BCUT2D eigenvalue weighted by atomic mass is 9.95. The molecule has 0 aliphatic carbocycles. The maximum Gasteiger partial charge on any atom is 0.279 e. The number of piperidine rings is 1. The third kappa shape index (κ3) is 4.89. The minimum Gasteiger partial charge on any atom is -0.431 e. The van der Waals surface area contributed by atoms with E-state index in [1.165, 1.54) is 10.6 Å². The van der Waals surface area contributed by atoms with Gasteiger partial charge in [-0.2, -0.15) is 5.10 Å². The van der Waals surface area contributed by atoms with Crippen LogP contribution in [0.1, 0.15) is 18.4 Å². The number of thiazole rings is 1. The van der Waals surface area contributed by atoms with E-state index in [4.69, 9.17) is 16.4 Å². The van der Waals surface area contributed by atoms with Crippen molar-refractivity contribution in [1.29, 1.82) is 0 Å². The summed E-state index contributed by atoms with van der Waals surface area (Å²) in [7, 11) is 1.79. The van der Waals surface area contributed by atoms with Crippen molar-refractivity contribution < 1.29 is 4.74 Å². The van der Waals surface area contributed by atoms with E-state index in [1.807, 2.05) is 30.3 Å². The molecule has 7 nitrogen and oxygen atoms in total. The molecular weight excluding hydrogens is 396 g/mol. The number of hydrogen-bond acceptors (Lipinski definition) is 7. The minimum absolute atomic E-state index is 0.347. The zero-order chi connectivity index (χ0) is 20.9. The van der Waals surface area contributed by atoms with Crippen LogP contribution in [0.4, 0.5) is 0 Å². The Morgan fingerprint density at radius 2 is 1.93 bits per heavy atom. The summed E-state index contributed by atoms with van der Waals surface area (Å²) in [6, 6.07) is 16.4. The fourth-order valence-electron chi connectivity index (χ4n) is 3.91. The van der Waals surface area contributed by atoms with Crippen LogP contribution in [0, 0.1) is 5.92 Å². The van der Waals surface area contributed by atoms with Gasteiger partial charge in [0.25, 0.3) is 5.19 Å². The van der Waals surface area contributed by atoms with Crippen molar-refractivity contribution in [3.63, 3.8) is 0 Å². The van der Waals surface area contributed by atoms with Gasteiger partial charge in [0.2, 0.25) is 0 Å². The Morgan fingerprint density at radius 1 is 1.20 bits per heavy atom. The SMILES string of the molecule is CN(N)/C(=N\N)C1CCN(CCc2ccc(Oc3nc4ccccc4s3)cc2)CC1. The van der Waals surface area contributed by atoms with Crippen molar-refractivity contribution in [1.82, 2.24) is 14.9 Å². The number of hydrogen-bond donors (Lipinski definition) is 2. The first-order valence-electron chi connectivity index (χ1n) is 10.2. The van der Waals surface area contributed by atoms with Gasteiger partial charge in [-0.1, -0.05) is 35.6 Å². The molecule has 158 valence electrons. The molecule has 1 saturated heterocycles. The Kier molecular flexibility index (Phi) is 6.47. The Hall–Kier alpha value is -2.68. The number of amidine groups is 1. The van der Waals surface area contributed by atoms with E-state index in [-0.39, 0.29) is 0 Å². The highest BCUT2D eigenvalue weighted by molar-refractivity contribution is 7.20. The average molecular weight is 425 g/mol. The van der Waals surface area contributed by atoms with Crippen LogP contribution < -0.4 is 16.4 Å². The molecule has 0 bridgehead atoms. The number of benzene rings is 2. The summed E-state index contributed by atoms with van der Waals surface area (Å²) >= 11 is 1.56. The Labute approximate surface area is 180 Å². The predicted molar refractivity (Wildman–Crippen MR) is 123 cm³/mol. The van der Waals surface area contributed by atoms with Crippen LogP contribution >= 0.6 is 11.3 Å². The normalized spacial score (nSPS) is 16.1. The van der Waals surface area contributed by atoms with Gasteiger partial charge in [0.1, 0.15) is 11.6 Å². The van der Waals surface area contributed by atoms with E-state index < -0.39 is 0 Å². The minimum atomic E-state index is 0.347. The molecule has 1 aromatic heterocycles. The second-order valence-corrected chi connectivity index (χ2v) is 8.65. The molecule has 4 N–H and O–H groups in total. The van der Waals surface area contributed by atoms with Crippen LogP contribution in [-0.4, -0.2) is 47.4 Å². The molecule has 0 spiro atoms. The van der Waals surface area contributed by atoms with Crippen LogP contribution in [-0.2, 0) is 6.42 Å². The number of likely N-dealkylation sites (tertiary alicyclic amines) is 1. The van der Waals surface area contributed by atoms with Gasteiger partial charge >= 0.3 is 0 Å². The van der Waals surface area contributed by atoms with Crippen LogP contribution in [0.15, 0.2) is 53.6 Å². The molecule has 30 heavy (non-hydrogen) atoms. The maximum atomic E-state index is 5.94. The fraction of sp³-hybridized carbons (Fsp3) is 0.364. The van der Waals surface area contributed by atoms with Crippen LogP contribution in [0.3, 0.4) is 0 Å². The molecule has 2 heterocycles. The van der Waals surface area contributed by atoms with E-state index in [2.05, 4.69) is 33.2 Å². The van der Waals surface area contributed by atoms with E-state index in [0.29, 0.717) is 11.1 Å². The van der Waals surface area contributed by atoms with Gasteiger partial charge in [0.05, 0.1) is 10.2 Å². The van der Waals surface area contributed by atoms with Crippen molar-refractivity contribution in [3.05, 3.63) is 54.1 Å². The average Bonchev–Trinajstić information content (AvgIpc) is 3.17. The zero-order valence-corrected chi connectivity index (χ0v) is 18.0.